The Morgan fingerprint density at radius 3 is 2.26 bits per heavy atom. The maximum atomic E-state index is 13.1. The number of hydrogen-bond acceptors (Lipinski definition) is 8. The van der Waals surface area contributed by atoms with Gasteiger partial charge < -0.3 is 24.3 Å². The van der Waals surface area contributed by atoms with Crippen molar-refractivity contribution >= 4 is 23.2 Å². The molecular weight excluding hydrogens is 456 g/mol. The average molecular weight is 485 g/mol. The molecule has 3 rings (SSSR count). The molecule has 3 aromatic rings. The van der Waals surface area contributed by atoms with Gasteiger partial charge in [0.25, 0.3) is 0 Å². The van der Waals surface area contributed by atoms with Crippen LogP contribution < -0.4 is 19.5 Å². The molecule has 1 heterocycles. The first-order chi connectivity index (χ1) is 16.2. The zero-order chi connectivity index (χ0) is 24.7. The van der Waals surface area contributed by atoms with E-state index in [1.807, 2.05) is 30.3 Å². The Kier molecular flexibility index (Phi) is 8.12. The van der Waals surface area contributed by atoms with E-state index in [4.69, 9.17) is 18.9 Å². The zero-order valence-electron chi connectivity index (χ0n) is 19.8. The van der Waals surface area contributed by atoms with Crippen LogP contribution in [-0.2, 0) is 4.74 Å². The highest BCUT2D eigenvalue weighted by Gasteiger charge is 2.21. The van der Waals surface area contributed by atoms with Crippen LogP contribution in [0.4, 0.5) is 4.79 Å². The molecule has 0 bridgehead atoms. The third-order valence-corrected chi connectivity index (χ3v) is 5.39. The first kappa shape index (κ1) is 25.0. The highest BCUT2D eigenvalue weighted by atomic mass is 32.1. The topological polar surface area (TPSA) is 96.0 Å². The van der Waals surface area contributed by atoms with Gasteiger partial charge in [-0.3, -0.25) is 4.79 Å². The summed E-state index contributed by atoms with van der Waals surface area (Å²) in [4.78, 5) is 29.4. The van der Waals surface area contributed by atoms with Gasteiger partial charge in [-0.25, -0.2) is 9.78 Å². The SMILES string of the molecule is COc1cc(C(=O)c2csc(-c3ccccc3)n2)cc(OC)c1OCCNC(=O)OC(C)(C)C. The molecule has 8 nitrogen and oxygen atoms in total. The number of ether oxygens (including phenoxy) is 4. The number of aromatic nitrogens is 1. The van der Waals surface area contributed by atoms with Gasteiger partial charge in [0, 0.05) is 16.5 Å². The van der Waals surface area contributed by atoms with E-state index in [1.165, 1.54) is 25.6 Å². The zero-order valence-corrected chi connectivity index (χ0v) is 20.7. The number of carbonyl (C=O) groups is 2. The number of thiazole rings is 1. The molecule has 9 heteroatoms. The molecule has 0 saturated heterocycles. The van der Waals surface area contributed by atoms with Crippen molar-refractivity contribution in [3.8, 4) is 27.8 Å². The first-order valence-corrected chi connectivity index (χ1v) is 11.5. The first-order valence-electron chi connectivity index (χ1n) is 10.6. The van der Waals surface area contributed by atoms with Crippen LogP contribution >= 0.6 is 11.3 Å². The lowest BCUT2D eigenvalue weighted by atomic mass is 10.1. The monoisotopic (exact) mass is 484 g/mol. The number of nitrogens with one attached hydrogen (secondary N) is 1. The largest absolute Gasteiger partial charge is 0.493 e. The summed E-state index contributed by atoms with van der Waals surface area (Å²) in [6, 6.07) is 12.8. The summed E-state index contributed by atoms with van der Waals surface area (Å²) in [6.07, 6.45) is -0.533. The standard InChI is InChI=1S/C25H28N2O6S/c1-25(2,3)33-24(29)26-11-12-32-22-19(30-4)13-17(14-20(22)31-5)21(28)18-15-34-23(27-18)16-9-7-6-8-10-16/h6-10,13-15H,11-12H2,1-5H3,(H,26,29). The Labute approximate surface area is 202 Å². The van der Waals surface area contributed by atoms with E-state index in [0.717, 1.165) is 10.6 Å². The molecule has 34 heavy (non-hydrogen) atoms. The van der Waals surface area contributed by atoms with Gasteiger partial charge in [-0.15, -0.1) is 11.3 Å². The molecular formula is C25H28N2O6S. The quantitative estimate of drug-likeness (QED) is 0.339. The molecule has 0 aliphatic carbocycles. The van der Waals surface area contributed by atoms with Crippen LogP contribution in [0.25, 0.3) is 10.6 Å². The summed E-state index contributed by atoms with van der Waals surface area (Å²) in [5, 5.41) is 5.12. The minimum atomic E-state index is -0.584. The maximum Gasteiger partial charge on any atom is 0.407 e. The number of alkyl carbamates (subject to hydrolysis) is 1. The Bertz CT molecular complexity index is 1110. The molecule has 0 radical (unpaired) electrons. The molecule has 0 saturated carbocycles. The Balaban J connectivity index is 1.73. The number of methoxy groups -OCH3 is 2. The number of nitrogens with zero attached hydrogens (tertiary/aromatic N) is 1. The van der Waals surface area contributed by atoms with Crippen LogP contribution in [0.5, 0.6) is 17.2 Å². The van der Waals surface area contributed by atoms with Crippen LogP contribution in [-0.4, -0.2) is 49.8 Å². The lowest BCUT2D eigenvalue weighted by Gasteiger charge is -2.20. The minimum Gasteiger partial charge on any atom is -0.493 e. The van der Waals surface area contributed by atoms with E-state index >= 15 is 0 Å². The van der Waals surface area contributed by atoms with Crippen molar-refractivity contribution < 1.29 is 28.5 Å². The van der Waals surface area contributed by atoms with Gasteiger partial charge in [-0.05, 0) is 32.9 Å². The lowest BCUT2D eigenvalue weighted by molar-refractivity contribution is 0.0519. The third kappa shape index (κ3) is 6.48. The predicted molar refractivity (Wildman–Crippen MR) is 130 cm³/mol. The molecule has 1 amide bonds. The highest BCUT2D eigenvalue weighted by molar-refractivity contribution is 7.13. The fourth-order valence-corrected chi connectivity index (χ4v) is 3.82. The van der Waals surface area contributed by atoms with Crippen LogP contribution in [0.2, 0.25) is 0 Å². The van der Waals surface area contributed by atoms with E-state index in [2.05, 4.69) is 10.3 Å². The fourth-order valence-electron chi connectivity index (χ4n) is 3.01. The molecule has 0 fully saturated rings. The summed E-state index contributed by atoms with van der Waals surface area (Å²) >= 11 is 1.40. The summed E-state index contributed by atoms with van der Waals surface area (Å²) in [5.41, 5.74) is 1.06. The second-order valence-electron chi connectivity index (χ2n) is 8.22. The molecule has 0 spiro atoms. The normalized spacial score (nSPS) is 11.0. The van der Waals surface area contributed by atoms with Gasteiger partial charge in [-0.2, -0.15) is 0 Å². The van der Waals surface area contributed by atoms with Gasteiger partial charge >= 0.3 is 6.09 Å². The Morgan fingerprint density at radius 2 is 1.68 bits per heavy atom. The molecule has 0 aliphatic heterocycles. The fraction of sp³-hybridized carbons (Fsp3) is 0.320. The number of carbonyl (C=O) groups excluding carboxylic acids is 2. The number of hydrogen-bond donors (Lipinski definition) is 1. The highest BCUT2D eigenvalue weighted by Crippen LogP contribution is 2.39. The predicted octanol–water partition coefficient (Wildman–Crippen LogP) is 4.96. The summed E-state index contributed by atoms with van der Waals surface area (Å²) in [5.74, 6) is 0.737. The van der Waals surface area contributed by atoms with Crippen molar-refractivity contribution in [2.24, 2.45) is 0 Å². The van der Waals surface area contributed by atoms with Gasteiger partial charge in [0.15, 0.2) is 11.5 Å². The smallest absolute Gasteiger partial charge is 0.407 e. The minimum absolute atomic E-state index is 0.145. The molecule has 0 aliphatic rings. The second kappa shape index (κ2) is 11.0. The molecule has 0 atom stereocenters. The van der Waals surface area contributed by atoms with E-state index < -0.39 is 11.7 Å². The van der Waals surface area contributed by atoms with Gasteiger partial charge in [0.05, 0.1) is 20.8 Å². The Hall–Kier alpha value is -3.59. The summed E-state index contributed by atoms with van der Waals surface area (Å²) in [7, 11) is 2.95. The molecule has 2 aromatic carbocycles. The van der Waals surface area contributed by atoms with Crippen molar-refractivity contribution in [1.82, 2.24) is 10.3 Å². The van der Waals surface area contributed by atoms with Gasteiger partial charge in [0.1, 0.15) is 22.9 Å². The number of amides is 1. The third-order valence-electron chi connectivity index (χ3n) is 4.50. The van der Waals surface area contributed by atoms with Crippen molar-refractivity contribution in [3.05, 3.63) is 59.1 Å². The molecule has 1 aromatic heterocycles. The number of rotatable bonds is 9. The van der Waals surface area contributed by atoms with Crippen LogP contribution in [0.15, 0.2) is 47.8 Å². The van der Waals surface area contributed by atoms with E-state index in [1.54, 1.807) is 38.3 Å². The van der Waals surface area contributed by atoms with Gasteiger partial charge in [0.2, 0.25) is 11.5 Å². The molecule has 0 unspecified atom stereocenters. The van der Waals surface area contributed by atoms with E-state index in [-0.39, 0.29) is 18.9 Å². The average Bonchev–Trinajstić information content (AvgIpc) is 3.30. The van der Waals surface area contributed by atoms with Crippen molar-refractivity contribution in [2.75, 3.05) is 27.4 Å². The molecule has 1 N–H and O–H groups in total. The molecule has 180 valence electrons. The van der Waals surface area contributed by atoms with E-state index in [9.17, 15) is 9.59 Å². The van der Waals surface area contributed by atoms with Crippen molar-refractivity contribution in [1.29, 1.82) is 0 Å². The Morgan fingerprint density at radius 1 is 1.03 bits per heavy atom. The second-order valence-corrected chi connectivity index (χ2v) is 9.08. The summed E-state index contributed by atoms with van der Waals surface area (Å²) < 4.78 is 21.9. The van der Waals surface area contributed by atoms with E-state index in [0.29, 0.717) is 28.5 Å². The maximum absolute atomic E-state index is 13.1. The van der Waals surface area contributed by atoms with Crippen LogP contribution in [0, 0.1) is 0 Å². The van der Waals surface area contributed by atoms with Gasteiger partial charge in [-0.1, -0.05) is 30.3 Å². The number of benzene rings is 2. The van der Waals surface area contributed by atoms with Crippen molar-refractivity contribution in [3.63, 3.8) is 0 Å². The lowest BCUT2D eigenvalue weighted by Crippen LogP contribution is -2.34. The van der Waals surface area contributed by atoms with Crippen molar-refractivity contribution in [2.45, 2.75) is 26.4 Å². The van der Waals surface area contributed by atoms with Crippen LogP contribution in [0.3, 0.4) is 0 Å². The van der Waals surface area contributed by atoms with Crippen LogP contribution in [0.1, 0.15) is 36.8 Å². The summed E-state index contributed by atoms with van der Waals surface area (Å²) in [6.45, 7) is 5.72. The number of ketones is 1.